The van der Waals surface area contributed by atoms with Crippen LogP contribution in [0.1, 0.15) is 29.4 Å². The van der Waals surface area contributed by atoms with Crippen molar-refractivity contribution in [1.29, 1.82) is 0 Å². The summed E-state index contributed by atoms with van der Waals surface area (Å²) in [6.07, 6.45) is -2.79. The highest BCUT2D eigenvalue weighted by molar-refractivity contribution is 5.98. The predicted molar refractivity (Wildman–Crippen MR) is 65.6 cm³/mol. The number of carbonyl (C=O) groups excluding carboxylic acids is 1. The Labute approximate surface area is 109 Å². The molecule has 0 spiro atoms. The largest absolute Gasteiger partial charge is 0.406 e. The van der Waals surface area contributed by atoms with Crippen molar-refractivity contribution in [2.75, 3.05) is 18.8 Å². The van der Waals surface area contributed by atoms with E-state index in [1.807, 2.05) is 0 Å². The van der Waals surface area contributed by atoms with Gasteiger partial charge >= 0.3 is 6.18 Å². The Morgan fingerprint density at radius 2 is 2.11 bits per heavy atom. The molecule has 2 N–H and O–H groups in total. The summed E-state index contributed by atoms with van der Waals surface area (Å²) in [5.41, 5.74) is 6.40. The minimum atomic E-state index is -4.43. The van der Waals surface area contributed by atoms with Gasteiger partial charge in [0.1, 0.15) is 6.54 Å². The lowest BCUT2D eigenvalue weighted by Crippen LogP contribution is -2.39. The number of alkyl halides is 3. The number of pyridine rings is 1. The first-order valence-electron chi connectivity index (χ1n) is 5.82. The molecule has 1 aromatic rings. The van der Waals surface area contributed by atoms with Crippen LogP contribution in [0.4, 0.5) is 18.9 Å². The zero-order valence-corrected chi connectivity index (χ0v) is 10.8. The van der Waals surface area contributed by atoms with E-state index >= 15 is 0 Å². The van der Waals surface area contributed by atoms with Gasteiger partial charge in [-0.2, -0.15) is 13.2 Å². The van der Waals surface area contributed by atoms with Gasteiger partial charge in [-0.3, -0.25) is 9.78 Å². The van der Waals surface area contributed by atoms with Crippen molar-refractivity contribution in [2.24, 2.45) is 0 Å². The van der Waals surface area contributed by atoms with Crippen molar-refractivity contribution >= 4 is 11.6 Å². The van der Waals surface area contributed by atoms with Gasteiger partial charge in [-0.25, -0.2) is 0 Å². The first-order valence-corrected chi connectivity index (χ1v) is 5.82. The van der Waals surface area contributed by atoms with Gasteiger partial charge < -0.3 is 10.6 Å². The van der Waals surface area contributed by atoms with Crippen LogP contribution in [0, 0.1) is 6.92 Å². The molecule has 0 unspecified atom stereocenters. The van der Waals surface area contributed by atoms with E-state index in [4.69, 9.17) is 5.73 Å². The molecule has 0 bridgehead atoms. The second-order valence-corrected chi connectivity index (χ2v) is 4.25. The first-order chi connectivity index (χ1) is 8.74. The fraction of sp³-hybridized carbons (Fsp3) is 0.500. The van der Waals surface area contributed by atoms with Gasteiger partial charge in [0.15, 0.2) is 0 Å². The molecule has 4 nitrogen and oxygen atoms in total. The average molecular weight is 275 g/mol. The Balaban J connectivity index is 2.99. The second kappa shape index (κ2) is 5.90. The van der Waals surface area contributed by atoms with Crippen LogP contribution in [0.15, 0.2) is 12.3 Å². The summed E-state index contributed by atoms with van der Waals surface area (Å²) < 4.78 is 37.3. The molecule has 0 fully saturated rings. The number of nitrogen functional groups attached to an aromatic ring is 1. The molecule has 7 heteroatoms. The number of carbonyl (C=O) groups is 1. The van der Waals surface area contributed by atoms with E-state index in [2.05, 4.69) is 4.98 Å². The number of halogens is 3. The maximum Gasteiger partial charge on any atom is 0.406 e. The molecule has 0 saturated carbocycles. The SMILES string of the molecule is CCCN(CC(F)(F)F)C(=O)c1cnc(C)cc1N. The predicted octanol–water partition coefficient (Wildman–Crippen LogP) is 2.39. The van der Waals surface area contributed by atoms with Crippen molar-refractivity contribution in [3.63, 3.8) is 0 Å². The highest BCUT2D eigenvalue weighted by Crippen LogP contribution is 2.20. The molecular formula is C12H16F3N3O. The van der Waals surface area contributed by atoms with E-state index in [1.165, 1.54) is 12.3 Å². The van der Waals surface area contributed by atoms with Crippen molar-refractivity contribution in [3.8, 4) is 0 Å². The molecule has 0 atom stereocenters. The number of aryl methyl sites for hydroxylation is 1. The summed E-state index contributed by atoms with van der Waals surface area (Å²) >= 11 is 0. The normalized spacial score (nSPS) is 11.4. The summed E-state index contributed by atoms with van der Waals surface area (Å²) in [4.78, 5) is 16.7. The summed E-state index contributed by atoms with van der Waals surface area (Å²) in [5.74, 6) is -0.746. The molecule has 0 aliphatic rings. The molecule has 0 saturated heterocycles. The summed E-state index contributed by atoms with van der Waals surface area (Å²) in [6, 6.07) is 1.46. The van der Waals surface area contributed by atoms with Gasteiger partial charge in [0.25, 0.3) is 5.91 Å². The van der Waals surface area contributed by atoms with Gasteiger partial charge in [-0.1, -0.05) is 6.92 Å². The van der Waals surface area contributed by atoms with Gasteiger partial charge in [-0.15, -0.1) is 0 Å². The Bertz CT molecular complexity index is 460. The van der Waals surface area contributed by atoms with Crippen LogP contribution in [0.3, 0.4) is 0 Å². The first kappa shape index (κ1) is 15.3. The Kier molecular flexibility index (Phi) is 4.74. The van der Waals surface area contributed by atoms with E-state index in [-0.39, 0.29) is 17.8 Å². The van der Waals surface area contributed by atoms with Crippen LogP contribution < -0.4 is 5.73 Å². The van der Waals surface area contributed by atoms with Crippen molar-refractivity contribution in [3.05, 3.63) is 23.5 Å². The minimum absolute atomic E-state index is 0.00306. The number of amides is 1. The number of nitrogens with two attached hydrogens (primary N) is 1. The average Bonchev–Trinajstić information content (AvgIpc) is 2.26. The molecule has 0 radical (unpaired) electrons. The maximum atomic E-state index is 12.4. The van der Waals surface area contributed by atoms with Gasteiger partial charge in [0.05, 0.1) is 5.56 Å². The molecule has 1 heterocycles. The third-order valence-electron chi connectivity index (χ3n) is 2.45. The smallest absolute Gasteiger partial charge is 0.398 e. The van der Waals surface area contributed by atoms with Crippen molar-refractivity contribution < 1.29 is 18.0 Å². The second-order valence-electron chi connectivity index (χ2n) is 4.25. The molecule has 1 aromatic heterocycles. The van der Waals surface area contributed by atoms with Crippen LogP contribution in [-0.2, 0) is 0 Å². The Hall–Kier alpha value is -1.79. The number of anilines is 1. The molecule has 106 valence electrons. The number of aromatic nitrogens is 1. The molecule has 0 aromatic carbocycles. The standard InChI is InChI=1S/C12H16F3N3O/c1-3-4-18(7-12(13,14)15)11(19)9-6-17-8(2)5-10(9)16/h5-6H,3-4,7H2,1-2H3,(H2,16,17). The maximum absolute atomic E-state index is 12.4. The van der Waals surface area contributed by atoms with Crippen LogP contribution >= 0.6 is 0 Å². The zero-order valence-electron chi connectivity index (χ0n) is 10.8. The lowest BCUT2D eigenvalue weighted by molar-refractivity contribution is -0.140. The lowest BCUT2D eigenvalue weighted by Gasteiger charge is -2.24. The number of nitrogens with zero attached hydrogens (tertiary/aromatic N) is 2. The Morgan fingerprint density at radius 1 is 1.47 bits per heavy atom. The van der Waals surface area contributed by atoms with E-state index < -0.39 is 18.6 Å². The van der Waals surface area contributed by atoms with E-state index in [0.717, 1.165) is 4.90 Å². The molecule has 19 heavy (non-hydrogen) atoms. The van der Waals surface area contributed by atoms with E-state index in [0.29, 0.717) is 12.1 Å². The lowest BCUT2D eigenvalue weighted by atomic mass is 10.2. The van der Waals surface area contributed by atoms with Crippen LogP contribution in [0.5, 0.6) is 0 Å². The fourth-order valence-electron chi connectivity index (χ4n) is 1.67. The molecule has 1 rings (SSSR count). The number of hydrogen-bond donors (Lipinski definition) is 1. The molecular weight excluding hydrogens is 259 g/mol. The minimum Gasteiger partial charge on any atom is -0.398 e. The van der Waals surface area contributed by atoms with Gasteiger partial charge in [-0.05, 0) is 19.4 Å². The third-order valence-corrected chi connectivity index (χ3v) is 2.45. The summed E-state index contributed by atoms with van der Waals surface area (Å²) in [7, 11) is 0. The van der Waals surface area contributed by atoms with Gasteiger partial charge in [0.2, 0.25) is 0 Å². The highest BCUT2D eigenvalue weighted by Gasteiger charge is 2.33. The number of rotatable bonds is 4. The van der Waals surface area contributed by atoms with Crippen LogP contribution in [-0.4, -0.2) is 35.1 Å². The zero-order chi connectivity index (χ0) is 14.6. The quantitative estimate of drug-likeness (QED) is 0.917. The summed E-state index contributed by atoms with van der Waals surface area (Å²) in [5, 5.41) is 0. The monoisotopic (exact) mass is 275 g/mol. The van der Waals surface area contributed by atoms with Crippen molar-refractivity contribution in [2.45, 2.75) is 26.4 Å². The summed E-state index contributed by atoms with van der Waals surface area (Å²) in [6.45, 7) is 2.12. The highest BCUT2D eigenvalue weighted by atomic mass is 19.4. The topological polar surface area (TPSA) is 59.2 Å². The number of hydrogen-bond acceptors (Lipinski definition) is 3. The van der Waals surface area contributed by atoms with Crippen LogP contribution in [0.2, 0.25) is 0 Å². The van der Waals surface area contributed by atoms with Gasteiger partial charge in [0, 0.05) is 24.1 Å². The van der Waals surface area contributed by atoms with Crippen molar-refractivity contribution in [1.82, 2.24) is 9.88 Å². The van der Waals surface area contributed by atoms with E-state index in [9.17, 15) is 18.0 Å². The molecule has 0 aliphatic heterocycles. The third kappa shape index (κ3) is 4.42. The molecule has 1 amide bonds. The Morgan fingerprint density at radius 3 is 2.58 bits per heavy atom. The van der Waals surface area contributed by atoms with Crippen LogP contribution in [0.25, 0.3) is 0 Å². The van der Waals surface area contributed by atoms with E-state index in [1.54, 1.807) is 13.8 Å². The fourth-order valence-corrected chi connectivity index (χ4v) is 1.67. The molecule has 0 aliphatic carbocycles.